The lowest BCUT2D eigenvalue weighted by atomic mass is 10.0. The zero-order valence-corrected chi connectivity index (χ0v) is 10.5. The molecule has 1 heterocycles. The first kappa shape index (κ1) is 15.3. The van der Waals surface area contributed by atoms with Gasteiger partial charge in [-0.1, -0.05) is 13.8 Å². The largest absolute Gasteiger partial charge is 0.480 e. The second-order valence-electron chi connectivity index (χ2n) is 4.59. The molecule has 0 aliphatic heterocycles. The van der Waals surface area contributed by atoms with E-state index in [4.69, 9.17) is 5.11 Å². The first-order chi connectivity index (χ1) is 8.70. The first-order valence-corrected chi connectivity index (χ1v) is 5.72. The van der Waals surface area contributed by atoms with Crippen molar-refractivity contribution in [3.05, 3.63) is 24.0 Å². The van der Waals surface area contributed by atoms with Gasteiger partial charge in [0.25, 0.3) is 0 Å². The molecule has 1 aromatic heterocycles. The zero-order chi connectivity index (χ0) is 14.6. The van der Waals surface area contributed by atoms with Crippen LogP contribution in [-0.2, 0) is 11.0 Å². The standard InChI is InChI=1S/C12H15F3N2O2/c1-7(2)5-9(11(18)19)17-8-3-4-16-10(6-8)12(13,14)15/h3-4,6-7,9H,5H2,1-2H3,(H,16,17)(H,18,19). The Labute approximate surface area is 108 Å². The van der Waals surface area contributed by atoms with E-state index in [9.17, 15) is 18.0 Å². The SMILES string of the molecule is CC(C)CC(Nc1ccnc(C(F)(F)F)c1)C(=O)O. The predicted molar refractivity (Wildman–Crippen MR) is 63.7 cm³/mol. The van der Waals surface area contributed by atoms with Gasteiger partial charge >= 0.3 is 12.1 Å². The molecule has 0 saturated carbocycles. The number of carboxylic acids is 1. The van der Waals surface area contributed by atoms with E-state index < -0.39 is 23.9 Å². The highest BCUT2D eigenvalue weighted by Crippen LogP contribution is 2.29. The maximum atomic E-state index is 12.5. The summed E-state index contributed by atoms with van der Waals surface area (Å²) in [5, 5.41) is 11.6. The van der Waals surface area contributed by atoms with E-state index >= 15 is 0 Å². The highest BCUT2D eigenvalue weighted by atomic mass is 19.4. The van der Waals surface area contributed by atoms with Gasteiger partial charge in [-0.2, -0.15) is 13.2 Å². The molecule has 0 bridgehead atoms. The Hall–Kier alpha value is -1.79. The number of halogens is 3. The van der Waals surface area contributed by atoms with Crippen molar-refractivity contribution >= 4 is 11.7 Å². The molecule has 0 amide bonds. The Morgan fingerprint density at radius 3 is 2.58 bits per heavy atom. The van der Waals surface area contributed by atoms with Gasteiger partial charge in [-0.15, -0.1) is 0 Å². The van der Waals surface area contributed by atoms with Crippen LogP contribution in [0.3, 0.4) is 0 Å². The molecule has 0 aliphatic carbocycles. The van der Waals surface area contributed by atoms with Gasteiger partial charge in [0, 0.05) is 11.9 Å². The van der Waals surface area contributed by atoms with Crippen molar-refractivity contribution in [1.29, 1.82) is 0 Å². The summed E-state index contributed by atoms with van der Waals surface area (Å²) in [6.45, 7) is 3.68. The summed E-state index contributed by atoms with van der Waals surface area (Å²) in [5.74, 6) is -0.989. The van der Waals surface area contributed by atoms with Crippen LogP contribution in [0.25, 0.3) is 0 Å². The Morgan fingerprint density at radius 1 is 1.47 bits per heavy atom. The van der Waals surface area contributed by atoms with Crippen molar-refractivity contribution in [1.82, 2.24) is 4.98 Å². The van der Waals surface area contributed by atoms with Crippen LogP contribution in [0.1, 0.15) is 26.0 Å². The lowest BCUT2D eigenvalue weighted by molar-refractivity contribution is -0.141. The molecule has 1 unspecified atom stereocenters. The van der Waals surface area contributed by atoms with Crippen LogP contribution >= 0.6 is 0 Å². The van der Waals surface area contributed by atoms with Gasteiger partial charge < -0.3 is 10.4 Å². The van der Waals surface area contributed by atoms with Crippen molar-refractivity contribution in [3.63, 3.8) is 0 Å². The van der Waals surface area contributed by atoms with Crippen LogP contribution < -0.4 is 5.32 Å². The minimum atomic E-state index is -4.55. The first-order valence-electron chi connectivity index (χ1n) is 5.72. The molecule has 4 nitrogen and oxygen atoms in total. The summed E-state index contributed by atoms with van der Waals surface area (Å²) >= 11 is 0. The van der Waals surface area contributed by atoms with Crippen molar-refractivity contribution in [2.24, 2.45) is 5.92 Å². The predicted octanol–water partition coefficient (Wildman–Crippen LogP) is 3.01. The Bertz CT molecular complexity index is 447. The highest BCUT2D eigenvalue weighted by molar-refractivity contribution is 5.77. The van der Waals surface area contributed by atoms with E-state index in [1.807, 2.05) is 13.8 Å². The second kappa shape index (κ2) is 5.90. The molecule has 0 fully saturated rings. The summed E-state index contributed by atoms with van der Waals surface area (Å²) in [5.41, 5.74) is -0.957. The molecule has 0 saturated heterocycles. The Balaban J connectivity index is 2.88. The molecule has 1 atom stereocenters. The van der Waals surface area contributed by atoms with E-state index in [2.05, 4.69) is 10.3 Å². The fourth-order valence-corrected chi connectivity index (χ4v) is 1.57. The number of alkyl halides is 3. The maximum absolute atomic E-state index is 12.5. The number of nitrogens with one attached hydrogen (secondary N) is 1. The number of nitrogens with zero attached hydrogens (tertiary/aromatic N) is 1. The van der Waals surface area contributed by atoms with Crippen LogP contribution in [-0.4, -0.2) is 22.1 Å². The van der Waals surface area contributed by atoms with Crippen molar-refractivity contribution in [2.75, 3.05) is 5.32 Å². The van der Waals surface area contributed by atoms with Gasteiger partial charge in [-0.3, -0.25) is 4.98 Å². The number of hydrogen-bond donors (Lipinski definition) is 2. The number of carboxylic acid groups (broad SMARTS) is 1. The van der Waals surface area contributed by atoms with Crippen molar-refractivity contribution in [3.8, 4) is 0 Å². The van der Waals surface area contributed by atoms with Gasteiger partial charge in [0.1, 0.15) is 11.7 Å². The van der Waals surface area contributed by atoms with Gasteiger partial charge in [-0.05, 0) is 24.5 Å². The summed E-state index contributed by atoms with van der Waals surface area (Å²) in [6, 6.07) is 1.19. The Kier molecular flexibility index (Phi) is 4.74. The fourth-order valence-electron chi connectivity index (χ4n) is 1.57. The van der Waals surface area contributed by atoms with E-state index in [0.717, 1.165) is 12.3 Å². The van der Waals surface area contributed by atoms with Crippen LogP contribution in [0.5, 0.6) is 0 Å². The van der Waals surface area contributed by atoms with Crippen LogP contribution in [0.15, 0.2) is 18.3 Å². The monoisotopic (exact) mass is 276 g/mol. The lowest BCUT2D eigenvalue weighted by Gasteiger charge is -2.18. The molecule has 19 heavy (non-hydrogen) atoms. The molecular weight excluding hydrogens is 261 g/mol. The number of carbonyl (C=O) groups is 1. The van der Waals surface area contributed by atoms with Gasteiger partial charge in [0.15, 0.2) is 0 Å². The Morgan fingerprint density at radius 2 is 2.11 bits per heavy atom. The van der Waals surface area contributed by atoms with Gasteiger partial charge in [-0.25, -0.2) is 4.79 Å². The maximum Gasteiger partial charge on any atom is 0.433 e. The summed E-state index contributed by atoms with van der Waals surface area (Å²) in [4.78, 5) is 14.2. The number of aromatic nitrogens is 1. The number of aliphatic carboxylic acids is 1. The lowest BCUT2D eigenvalue weighted by Crippen LogP contribution is -2.30. The third-order valence-corrected chi connectivity index (χ3v) is 2.40. The van der Waals surface area contributed by atoms with Crippen molar-refractivity contribution < 1.29 is 23.1 Å². The molecular formula is C12H15F3N2O2. The summed E-state index contributed by atoms with van der Waals surface area (Å²) in [7, 11) is 0. The minimum absolute atomic E-state index is 0.0929. The number of anilines is 1. The molecule has 106 valence electrons. The van der Waals surface area contributed by atoms with Crippen LogP contribution in [0.4, 0.5) is 18.9 Å². The minimum Gasteiger partial charge on any atom is -0.480 e. The van der Waals surface area contributed by atoms with E-state index in [-0.39, 0.29) is 11.6 Å². The molecule has 0 aliphatic rings. The second-order valence-corrected chi connectivity index (χ2v) is 4.59. The molecule has 1 aromatic rings. The molecule has 1 rings (SSSR count). The molecule has 7 heteroatoms. The average Bonchev–Trinajstić information content (AvgIpc) is 2.26. The normalized spacial score (nSPS) is 13.4. The quantitative estimate of drug-likeness (QED) is 0.867. The summed E-state index contributed by atoms with van der Waals surface area (Å²) in [6.07, 6.45) is -3.23. The third-order valence-electron chi connectivity index (χ3n) is 2.40. The number of hydrogen-bond acceptors (Lipinski definition) is 3. The van der Waals surface area contributed by atoms with E-state index in [1.165, 1.54) is 6.07 Å². The highest BCUT2D eigenvalue weighted by Gasteiger charge is 2.32. The smallest absolute Gasteiger partial charge is 0.433 e. The fraction of sp³-hybridized carbons (Fsp3) is 0.500. The third kappa shape index (κ3) is 4.76. The van der Waals surface area contributed by atoms with E-state index in [0.29, 0.717) is 6.42 Å². The van der Waals surface area contributed by atoms with Crippen LogP contribution in [0.2, 0.25) is 0 Å². The molecule has 0 radical (unpaired) electrons. The van der Waals surface area contributed by atoms with Crippen molar-refractivity contribution in [2.45, 2.75) is 32.5 Å². The van der Waals surface area contributed by atoms with Gasteiger partial charge in [0.2, 0.25) is 0 Å². The molecule has 0 aromatic carbocycles. The molecule has 2 N–H and O–H groups in total. The number of rotatable bonds is 5. The molecule has 0 spiro atoms. The topological polar surface area (TPSA) is 62.2 Å². The van der Waals surface area contributed by atoms with Crippen LogP contribution in [0, 0.1) is 5.92 Å². The summed E-state index contributed by atoms with van der Waals surface area (Å²) < 4.78 is 37.4. The zero-order valence-electron chi connectivity index (χ0n) is 10.5. The average molecular weight is 276 g/mol. The number of pyridine rings is 1. The van der Waals surface area contributed by atoms with E-state index in [1.54, 1.807) is 0 Å². The van der Waals surface area contributed by atoms with Gasteiger partial charge in [0.05, 0.1) is 0 Å².